The molecule has 0 N–H and O–H groups in total. The Morgan fingerprint density at radius 3 is 2.47 bits per heavy atom. The highest BCUT2D eigenvalue weighted by Crippen LogP contribution is 2.40. The monoisotopic (exact) mass is 447 g/mol. The van der Waals surface area contributed by atoms with Gasteiger partial charge in [-0.15, -0.1) is 0 Å². The van der Waals surface area contributed by atoms with E-state index < -0.39 is 17.8 Å². The number of carbonyl (C=O) groups excluding carboxylic acids is 2. The molecule has 10 heteroatoms. The minimum Gasteiger partial charge on any atom is -0.312 e. The van der Waals surface area contributed by atoms with E-state index >= 15 is 0 Å². The number of ketones is 1. The lowest BCUT2D eigenvalue weighted by Gasteiger charge is -2.25. The Hall–Kier alpha value is -3.04. The van der Waals surface area contributed by atoms with Gasteiger partial charge in [0.15, 0.2) is 5.78 Å². The molecule has 1 aliphatic heterocycles. The normalized spacial score (nSPS) is 19.2. The van der Waals surface area contributed by atoms with E-state index in [4.69, 9.17) is 0 Å². The molecule has 0 bridgehead atoms. The molecule has 1 saturated heterocycles. The fourth-order valence-electron chi connectivity index (χ4n) is 3.90. The Morgan fingerprint density at radius 1 is 1.19 bits per heavy atom. The lowest BCUT2D eigenvalue weighted by molar-refractivity contribution is -0.138. The number of alkyl halides is 3. The van der Waals surface area contributed by atoms with Crippen LogP contribution in [0.4, 0.5) is 23.9 Å². The van der Waals surface area contributed by atoms with Gasteiger partial charge in [-0.25, -0.2) is 14.8 Å². The quantitative estimate of drug-likeness (QED) is 0.644. The van der Waals surface area contributed by atoms with E-state index in [9.17, 15) is 22.8 Å². The molecule has 170 valence electrons. The van der Waals surface area contributed by atoms with Crippen molar-refractivity contribution in [1.29, 1.82) is 0 Å². The number of pyridine rings is 1. The predicted octanol–water partition coefficient (Wildman–Crippen LogP) is 3.85. The van der Waals surface area contributed by atoms with Crippen molar-refractivity contribution in [3.05, 3.63) is 47.5 Å². The van der Waals surface area contributed by atoms with Crippen molar-refractivity contribution in [3.8, 4) is 0 Å². The molecule has 0 radical (unpaired) electrons. The summed E-state index contributed by atoms with van der Waals surface area (Å²) in [4.78, 5) is 40.2. The highest BCUT2D eigenvalue weighted by Gasteiger charge is 2.42. The Bertz CT molecular complexity index is 1010. The summed E-state index contributed by atoms with van der Waals surface area (Å²) < 4.78 is 38.4. The zero-order chi connectivity index (χ0) is 23.0. The average molecular weight is 447 g/mol. The SMILES string of the molecule is CC(C)[C@H]1CN(c2ncc(C(F)(F)F)cn2)C(=O)N1CC(=O)Cc1cc(C2CC2)ccn1. The molecule has 4 rings (SSSR count). The summed E-state index contributed by atoms with van der Waals surface area (Å²) in [7, 11) is 0. The third-order valence-electron chi connectivity index (χ3n) is 5.84. The van der Waals surface area contributed by atoms with E-state index in [0.29, 0.717) is 24.0 Å². The van der Waals surface area contributed by atoms with Crippen molar-refractivity contribution in [3.63, 3.8) is 0 Å². The number of hydrogen-bond donors (Lipinski definition) is 0. The fourth-order valence-corrected chi connectivity index (χ4v) is 3.90. The third kappa shape index (κ3) is 4.73. The van der Waals surface area contributed by atoms with Gasteiger partial charge in [0.25, 0.3) is 0 Å². The first kappa shape index (κ1) is 22.2. The number of rotatable bonds is 7. The molecule has 32 heavy (non-hydrogen) atoms. The second-order valence-electron chi connectivity index (χ2n) is 8.67. The van der Waals surface area contributed by atoms with E-state index in [1.54, 1.807) is 6.20 Å². The number of aromatic nitrogens is 3. The van der Waals surface area contributed by atoms with Crippen LogP contribution in [-0.4, -0.2) is 50.8 Å². The van der Waals surface area contributed by atoms with Gasteiger partial charge in [0.2, 0.25) is 5.95 Å². The van der Waals surface area contributed by atoms with Gasteiger partial charge in [-0.2, -0.15) is 13.2 Å². The number of carbonyl (C=O) groups is 2. The number of amides is 2. The van der Waals surface area contributed by atoms with Gasteiger partial charge in [-0.05, 0) is 42.4 Å². The maximum absolute atomic E-state index is 13.0. The van der Waals surface area contributed by atoms with Crippen molar-refractivity contribution in [2.45, 2.75) is 51.2 Å². The molecule has 2 aliphatic rings. The van der Waals surface area contributed by atoms with Gasteiger partial charge in [0.05, 0.1) is 31.1 Å². The minimum atomic E-state index is -4.56. The van der Waals surface area contributed by atoms with E-state index in [1.807, 2.05) is 26.0 Å². The molecule has 3 heterocycles. The molecular weight excluding hydrogens is 423 g/mol. The largest absolute Gasteiger partial charge is 0.419 e. The van der Waals surface area contributed by atoms with Crippen molar-refractivity contribution in [1.82, 2.24) is 19.9 Å². The molecule has 2 aromatic heterocycles. The van der Waals surface area contributed by atoms with E-state index in [0.717, 1.165) is 12.8 Å². The second kappa shape index (κ2) is 8.48. The molecule has 1 saturated carbocycles. The van der Waals surface area contributed by atoms with Crippen LogP contribution >= 0.6 is 0 Å². The minimum absolute atomic E-state index is 0.0301. The first-order valence-corrected chi connectivity index (χ1v) is 10.6. The lowest BCUT2D eigenvalue weighted by Crippen LogP contribution is -2.41. The van der Waals surface area contributed by atoms with Gasteiger partial charge in [0.1, 0.15) is 0 Å². The molecule has 1 aliphatic carbocycles. The topological polar surface area (TPSA) is 79.3 Å². The summed E-state index contributed by atoms with van der Waals surface area (Å²) in [6.07, 6.45) is 0.884. The fraction of sp³-hybridized carbons (Fsp3) is 0.500. The number of nitrogens with zero attached hydrogens (tertiary/aromatic N) is 5. The van der Waals surface area contributed by atoms with Gasteiger partial charge < -0.3 is 4.90 Å². The molecule has 2 amide bonds. The highest BCUT2D eigenvalue weighted by molar-refractivity contribution is 5.96. The van der Waals surface area contributed by atoms with Crippen LogP contribution in [0.15, 0.2) is 30.7 Å². The van der Waals surface area contributed by atoms with Gasteiger partial charge in [-0.1, -0.05) is 13.8 Å². The van der Waals surface area contributed by atoms with Crippen LogP contribution in [0.3, 0.4) is 0 Å². The first-order valence-electron chi connectivity index (χ1n) is 10.6. The van der Waals surface area contributed by atoms with Crippen LogP contribution in [-0.2, 0) is 17.4 Å². The van der Waals surface area contributed by atoms with Crippen LogP contribution in [0.2, 0.25) is 0 Å². The summed E-state index contributed by atoms with van der Waals surface area (Å²) >= 11 is 0. The number of halogens is 3. The van der Waals surface area contributed by atoms with Crippen molar-refractivity contribution >= 4 is 17.8 Å². The number of Topliss-reactive ketones (excluding diaryl/α,β-unsaturated/α-hetero) is 1. The summed E-state index contributed by atoms with van der Waals surface area (Å²) in [5.74, 6) is 0.319. The summed E-state index contributed by atoms with van der Waals surface area (Å²) in [5, 5.41) is 0. The summed E-state index contributed by atoms with van der Waals surface area (Å²) in [6.45, 7) is 3.94. The smallest absolute Gasteiger partial charge is 0.312 e. The van der Waals surface area contributed by atoms with E-state index in [-0.39, 0.29) is 43.2 Å². The Morgan fingerprint density at radius 2 is 1.88 bits per heavy atom. The average Bonchev–Trinajstić information content (AvgIpc) is 3.53. The molecule has 2 aromatic rings. The van der Waals surface area contributed by atoms with Crippen molar-refractivity contribution in [2.24, 2.45) is 5.92 Å². The number of anilines is 1. The summed E-state index contributed by atoms with van der Waals surface area (Å²) in [6, 6.07) is 3.13. The van der Waals surface area contributed by atoms with Crippen molar-refractivity contribution < 1.29 is 22.8 Å². The van der Waals surface area contributed by atoms with E-state index in [2.05, 4.69) is 15.0 Å². The molecule has 1 atom stereocenters. The second-order valence-corrected chi connectivity index (χ2v) is 8.67. The highest BCUT2D eigenvalue weighted by atomic mass is 19.4. The van der Waals surface area contributed by atoms with Crippen LogP contribution < -0.4 is 4.90 Å². The van der Waals surface area contributed by atoms with Crippen LogP contribution in [0.1, 0.15) is 49.4 Å². The van der Waals surface area contributed by atoms with Crippen molar-refractivity contribution in [2.75, 3.05) is 18.0 Å². The standard InChI is InChI=1S/C22H24F3N5O2/c1-13(2)19-12-30(20-27-9-16(10-28-20)22(23,24)25)21(32)29(19)11-18(31)8-17-7-15(5-6-26-17)14-3-4-14/h5-7,9-10,13-14,19H,3-4,8,11-12H2,1-2H3/t19-/m1/s1. The number of urea groups is 1. The molecule has 0 spiro atoms. The zero-order valence-corrected chi connectivity index (χ0v) is 17.8. The Kier molecular flexibility index (Phi) is 5.87. The van der Waals surface area contributed by atoms with Crippen LogP contribution in [0.25, 0.3) is 0 Å². The molecule has 7 nitrogen and oxygen atoms in total. The number of hydrogen-bond acceptors (Lipinski definition) is 5. The predicted molar refractivity (Wildman–Crippen MR) is 110 cm³/mol. The van der Waals surface area contributed by atoms with Gasteiger partial charge >= 0.3 is 12.2 Å². The molecular formula is C22H24F3N5O2. The first-order chi connectivity index (χ1) is 15.1. The van der Waals surface area contributed by atoms with Crippen LogP contribution in [0.5, 0.6) is 0 Å². The lowest BCUT2D eigenvalue weighted by atomic mass is 10.0. The maximum Gasteiger partial charge on any atom is 0.419 e. The van der Waals surface area contributed by atoms with E-state index in [1.165, 1.54) is 15.4 Å². The third-order valence-corrected chi connectivity index (χ3v) is 5.84. The molecule has 0 unspecified atom stereocenters. The zero-order valence-electron chi connectivity index (χ0n) is 17.8. The molecule has 2 fully saturated rings. The Balaban J connectivity index is 1.47. The van der Waals surface area contributed by atoms with Crippen LogP contribution in [0, 0.1) is 5.92 Å². The van der Waals surface area contributed by atoms with Gasteiger partial charge in [-0.3, -0.25) is 14.7 Å². The maximum atomic E-state index is 13.0. The summed E-state index contributed by atoms with van der Waals surface area (Å²) in [5.41, 5.74) is 0.877. The molecule has 0 aromatic carbocycles. The Labute approximate surface area is 183 Å². The van der Waals surface area contributed by atoms with Gasteiger partial charge in [0, 0.05) is 24.3 Å².